The van der Waals surface area contributed by atoms with Crippen LogP contribution in [0.4, 0.5) is 0 Å². The zero-order valence-electron chi connectivity index (χ0n) is 10.6. The maximum Gasteiger partial charge on any atom is 0.207 e. The number of hydrogen-bond donors (Lipinski definition) is 2. The van der Waals surface area contributed by atoms with Crippen LogP contribution >= 0.6 is 0 Å². The molecule has 2 N–H and O–H groups in total. The second-order valence-electron chi connectivity index (χ2n) is 4.38. The first kappa shape index (κ1) is 13.4. The minimum atomic E-state index is -3.71. The maximum atomic E-state index is 12.5. The quantitative estimate of drug-likeness (QED) is 0.828. The van der Waals surface area contributed by atoms with Crippen LogP contribution in [-0.2, 0) is 9.84 Å². The van der Waals surface area contributed by atoms with Gasteiger partial charge in [0.05, 0.1) is 9.79 Å². The maximum absolute atomic E-state index is 12.5. The van der Waals surface area contributed by atoms with Gasteiger partial charge < -0.3 is 10.2 Å². The number of hydrogen-bond acceptors (Lipinski definition) is 4. The van der Waals surface area contributed by atoms with Crippen molar-refractivity contribution in [2.45, 2.75) is 23.6 Å². The zero-order valence-corrected chi connectivity index (χ0v) is 11.4. The average molecular weight is 278 g/mol. The number of benzene rings is 2. The van der Waals surface area contributed by atoms with Gasteiger partial charge in [-0.3, -0.25) is 0 Å². The second-order valence-corrected chi connectivity index (χ2v) is 6.26. The molecule has 19 heavy (non-hydrogen) atoms. The van der Waals surface area contributed by atoms with Crippen molar-refractivity contribution in [3.05, 3.63) is 47.5 Å². The number of sulfone groups is 1. The first-order valence-corrected chi connectivity index (χ1v) is 7.15. The van der Waals surface area contributed by atoms with Gasteiger partial charge in [-0.25, -0.2) is 8.42 Å². The van der Waals surface area contributed by atoms with Crippen LogP contribution in [0.15, 0.2) is 46.2 Å². The average Bonchev–Trinajstić information content (AvgIpc) is 2.34. The molecule has 2 rings (SSSR count). The number of phenols is 2. The Morgan fingerprint density at radius 2 is 1.42 bits per heavy atom. The lowest BCUT2D eigenvalue weighted by Crippen LogP contribution is -2.05. The molecule has 0 unspecified atom stereocenters. The molecule has 0 saturated carbocycles. The molecule has 0 amide bonds. The van der Waals surface area contributed by atoms with E-state index in [1.807, 2.05) is 0 Å². The van der Waals surface area contributed by atoms with Crippen LogP contribution in [0.5, 0.6) is 11.5 Å². The summed E-state index contributed by atoms with van der Waals surface area (Å²) in [4.78, 5) is 0.195. The molecule has 0 radical (unpaired) electrons. The molecule has 100 valence electrons. The van der Waals surface area contributed by atoms with Gasteiger partial charge in [0.1, 0.15) is 0 Å². The lowest BCUT2D eigenvalue weighted by molar-refractivity contribution is 0.401. The predicted octanol–water partition coefficient (Wildman–Crippen LogP) is 2.55. The van der Waals surface area contributed by atoms with Crippen LogP contribution in [-0.4, -0.2) is 18.6 Å². The molecule has 0 fully saturated rings. The van der Waals surface area contributed by atoms with E-state index in [1.54, 1.807) is 32.0 Å². The SMILES string of the molecule is Cc1ccccc1S(=O)(=O)c1cc(O)c(O)cc1C. The normalized spacial score (nSPS) is 11.5. The third-order valence-corrected chi connectivity index (χ3v) is 5.00. The minimum Gasteiger partial charge on any atom is -0.504 e. The van der Waals surface area contributed by atoms with E-state index in [2.05, 4.69) is 0 Å². The van der Waals surface area contributed by atoms with Crippen molar-refractivity contribution in [3.8, 4) is 11.5 Å². The molecule has 0 aromatic heterocycles. The molecule has 0 atom stereocenters. The van der Waals surface area contributed by atoms with E-state index in [0.717, 1.165) is 6.07 Å². The summed E-state index contributed by atoms with van der Waals surface area (Å²) < 4.78 is 25.1. The molecule has 0 aliphatic carbocycles. The fourth-order valence-electron chi connectivity index (χ4n) is 1.93. The van der Waals surface area contributed by atoms with E-state index >= 15 is 0 Å². The third-order valence-electron chi connectivity index (χ3n) is 2.94. The summed E-state index contributed by atoms with van der Waals surface area (Å²) in [5, 5.41) is 18.9. The molecule has 5 heteroatoms. The Bertz CT molecular complexity index is 733. The second kappa shape index (κ2) is 4.59. The highest BCUT2D eigenvalue weighted by Gasteiger charge is 2.23. The van der Waals surface area contributed by atoms with Crippen molar-refractivity contribution < 1.29 is 18.6 Å². The van der Waals surface area contributed by atoms with Crippen LogP contribution in [0.2, 0.25) is 0 Å². The molecule has 2 aromatic carbocycles. The van der Waals surface area contributed by atoms with Gasteiger partial charge in [0.15, 0.2) is 11.5 Å². The largest absolute Gasteiger partial charge is 0.504 e. The first-order chi connectivity index (χ1) is 8.84. The van der Waals surface area contributed by atoms with Crippen molar-refractivity contribution in [1.82, 2.24) is 0 Å². The van der Waals surface area contributed by atoms with Crippen LogP contribution < -0.4 is 0 Å². The van der Waals surface area contributed by atoms with Crippen molar-refractivity contribution in [2.24, 2.45) is 0 Å². The standard InChI is InChI=1S/C14H14O4S/c1-9-5-3-4-6-13(9)19(17,18)14-8-12(16)11(15)7-10(14)2/h3-8,15-16H,1-2H3. The van der Waals surface area contributed by atoms with Gasteiger partial charge in [0, 0.05) is 6.07 Å². The highest BCUT2D eigenvalue weighted by molar-refractivity contribution is 7.91. The van der Waals surface area contributed by atoms with Crippen LogP contribution in [0, 0.1) is 13.8 Å². The molecular formula is C14H14O4S. The summed E-state index contributed by atoms with van der Waals surface area (Å²) >= 11 is 0. The fraction of sp³-hybridized carbons (Fsp3) is 0.143. The molecule has 0 spiro atoms. The van der Waals surface area contributed by atoms with Gasteiger partial charge in [0.25, 0.3) is 0 Å². The van der Waals surface area contributed by atoms with Gasteiger partial charge in [0.2, 0.25) is 9.84 Å². The molecule has 0 saturated heterocycles. The molecule has 0 heterocycles. The number of aromatic hydroxyl groups is 2. The first-order valence-electron chi connectivity index (χ1n) is 5.67. The lowest BCUT2D eigenvalue weighted by atomic mass is 10.2. The van der Waals surface area contributed by atoms with E-state index in [-0.39, 0.29) is 15.5 Å². The lowest BCUT2D eigenvalue weighted by Gasteiger charge is -2.11. The predicted molar refractivity (Wildman–Crippen MR) is 71.1 cm³/mol. The molecule has 2 aromatic rings. The summed E-state index contributed by atoms with van der Waals surface area (Å²) in [7, 11) is -3.71. The Kier molecular flexibility index (Phi) is 3.24. The summed E-state index contributed by atoms with van der Waals surface area (Å²) in [5.74, 6) is -0.779. The van der Waals surface area contributed by atoms with E-state index in [4.69, 9.17) is 0 Å². The summed E-state index contributed by atoms with van der Waals surface area (Å²) in [5.41, 5.74) is 1.02. The zero-order chi connectivity index (χ0) is 14.2. The van der Waals surface area contributed by atoms with E-state index in [1.165, 1.54) is 12.1 Å². The van der Waals surface area contributed by atoms with Gasteiger partial charge in [-0.2, -0.15) is 0 Å². The van der Waals surface area contributed by atoms with E-state index in [0.29, 0.717) is 11.1 Å². The number of rotatable bonds is 2. The summed E-state index contributed by atoms with van der Waals surface area (Å²) in [6, 6.07) is 8.95. The Balaban J connectivity index is 2.71. The molecule has 0 bridgehead atoms. The molecule has 0 aliphatic rings. The Morgan fingerprint density at radius 3 is 2.05 bits per heavy atom. The third kappa shape index (κ3) is 2.29. The topological polar surface area (TPSA) is 74.6 Å². The molecule has 0 aliphatic heterocycles. The van der Waals surface area contributed by atoms with Crippen molar-refractivity contribution in [3.63, 3.8) is 0 Å². The fourth-order valence-corrected chi connectivity index (χ4v) is 3.66. The molecular weight excluding hydrogens is 264 g/mol. The van der Waals surface area contributed by atoms with Crippen LogP contribution in [0.1, 0.15) is 11.1 Å². The number of phenolic OH excluding ortho intramolecular Hbond substituents is 2. The highest BCUT2D eigenvalue weighted by Crippen LogP contribution is 2.33. The van der Waals surface area contributed by atoms with Crippen molar-refractivity contribution in [1.29, 1.82) is 0 Å². The highest BCUT2D eigenvalue weighted by atomic mass is 32.2. The van der Waals surface area contributed by atoms with Crippen LogP contribution in [0.25, 0.3) is 0 Å². The van der Waals surface area contributed by atoms with Crippen LogP contribution in [0.3, 0.4) is 0 Å². The smallest absolute Gasteiger partial charge is 0.207 e. The summed E-state index contributed by atoms with van der Waals surface area (Å²) in [6.45, 7) is 3.28. The minimum absolute atomic E-state index is 0.00269. The Labute approximate surface area is 111 Å². The van der Waals surface area contributed by atoms with E-state index in [9.17, 15) is 18.6 Å². The van der Waals surface area contributed by atoms with Gasteiger partial charge in [-0.05, 0) is 37.1 Å². The van der Waals surface area contributed by atoms with Gasteiger partial charge in [-0.15, -0.1) is 0 Å². The Morgan fingerprint density at radius 1 is 0.842 bits per heavy atom. The van der Waals surface area contributed by atoms with Crippen molar-refractivity contribution >= 4 is 9.84 Å². The monoisotopic (exact) mass is 278 g/mol. The van der Waals surface area contributed by atoms with Gasteiger partial charge in [-0.1, -0.05) is 18.2 Å². The van der Waals surface area contributed by atoms with Crippen molar-refractivity contribution in [2.75, 3.05) is 0 Å². The van der Waals surface area contributed by atoms with Gasteiger partial charge >= 0.3 is 0 Å². The Hall–Kier alpha value is -2.01. The van der Waals surface area contributed by atoms with E-state index < -0.39 is 15.6 Å². The summed E-state index contributed by atoms with van der Waals surface area (Å²) in [6.07, 6.45) is 0. The molecule has 4 nitrogen and oxygen atoms in total. The number of aryl methyl sites for hydroxylation is 2.